The topological polar surface area (TPSA) is 35.2 Å². The molecular weight excluding hydrogens is 221 g/mol. The average Bonchev–Trinajstić information content (AvgIpc) is 2.19. The smallest absolute Gasteiger partial charge is 0.138 e. The van der Waals surface area contributed by atoms with Gasteiger partial charge in [0.2, 0.25) is 0 Å². The molecule has 2 N–H and O–H groups in total. The Kier molecular flexibility index (Phi) is 4.05. The molecule has 0 saturated heterocycles. The second-order valence-electron chi connectivity index (χ2n) is 3.15. The third-order valence-electron chi connectivity index (χ3n) is 2.16. The second-order valence-corrected chi connectivity index (χ2v) is 3.96. The van der Waals surface area contributed by atoms with Crippen LogP contribution in [0.1, 0.15) is 18.4 Å². The fourth-order valence-electron chi connectivity index (χ4n) is 1.21. The Morgan fingerprint density at radius 2 is 2.00 bits per heavy atom. The monoisotopic (exact) mass is 233 g/mol. The molecule has 0 heterocycles. The van der Waals surface area contributed by atoms with Gasteiger partial charge in [-0.3, -0.25) is 0 Å². The normalized spacial score (nSPS) is 12.6. The van der Waals surface area contributed by atoms with Gasteiger partial charge in [0.25, 0.3) is 0 Å². The van der Waals surface area contributed by atoms with Crippen LogP contribution in [-0.4, -0.2) is 13.7 Å². The molecule has 0 aliphatic heterocycles. The largest absolute Gasteiger partial charge is 0.495 e. The van der Waals surface area contributed by atoms with E-state index in [9.17, 15) is 0 Å². The number of hydrogen-bond donors (Lipinski definition) is 1. The number of methoxy groups -OCH3 is 1. The fourth-order valence-corrected chi connectivity index (χ4v) is 1.79. The van der Waals surface area contributed by atoms with E-state index in [2.05, 4.69) is 0 Å². The van der Waals surface area contributed by atoms with Gasteiger partial charge in [-0.1, -0.05) is 30.1 Å². The van der Waals surface area contributed by atoms with E-state index >= 15 is 0 Å². The summed E-state index contributed by atoms with van der Waals surface area (Å²) in [6, 6.07) is 3.52. The maximum absolute atomic E-state index is 6.06. The molecule has 78 valence electrons. The highest BCUT2D eigenvalue weighted by Crippen LogP contribution is 2.34. The highest BCUT2D eigenvalue weighted by atomic mass is 35.5. The third-order valence-corrected chi connectivity index (χ3v) is 2.78. The van der Waals surface area contributed by atoms with Crippen molar-refractivity contribution in [3.05, 3.63) is 27.7 Å². The van der Waals surface area contributed by atoms with E-state index < -0.39 is 0 Å². The van der Waals surface area contributed by atoms with E-state index in [0.717, 1.165) is 5.56 Å². The van der Waals surface area contributed by atoms with Gasteiger partial charge in [0.1, 0.15) is 5.75 Å². The van der Waals surface area contributed by atoms with E-state index in [-0.39, 0.29) is 5.92 Å². The SMILES string of the molecule is COc1cc(Cl)c(C(C)CN)cc1Cl. The molecule has 0 aromatic heterocycles. The average molecular weight is 234 g/mol. The van der Waals surface area contributed by atoms with E-state index in [4.69, 9.17) is 33.7 Å². The maximum atomic E-state index is 6.06. The molecule has 0 amide bonds. The van der Waals surface area contributed by atoms with Crippen molar-refractivity contribution in [2.24, 2.45) is 5.73 Å². The van der Waals surface area contributed by atoms with Gasteiger partial charge in [-0.15, -0.1) is 0 Å². The standard InChI is InChI=1S/C10H13Cl2NO/c1-6(5-13)7-3-9(12)10(14-2)4-8(7)11/h3-4,6H,5,13H2,1-2H3. The van der Waals surface area contributed by atoms with Gasteiger partial charge in [-0.05, 0) is 24.1 Å². The Hall–Kier alpha value is -0.440. The molecule has 0 saturated carbocycles. The van der Waals surface area contributed by atoms with Gasteiger partial charge < -0.3 is 10.5 Å². The Labute approximate surface area is 94.0 Å². The zero-order valence-corrected chi connectivity index (χ0v) is 9.69. The highest BCUT2D eigenvalue weighted by molar-refractivity contribution is 6.34. The van der Waals surface area contributed by atoms with Crippen LogP contribution in [0.4, 0.5) is 0 Å². The van der Waals surface area contributed by atoms with Crippen LogP contribution in [0.3, 0.4) is 0 Å². The summed E-state index contributed by atoms with van der Waals surface area (Å²) >= 11 is 12.0. The lowest BCUT2D eigenvalue weighted by atomic mass is 10.0. The van der Waals surface area contributed by atoms with Crippen LogP contribution < -0.4 is 10.5 Å². The Morgan fingerprint density at radius 1 is 1.36 bits per heavy atom. The number of hydrogen-bond acceptors (Lipinski definition) is 2. The number of benzene rings is 1. The lowest BCUT2D eigenvalue weighted by molar-refractivity contribution is 0.415. The van der Waals surface area contributed by atoms with Crippen LogP contribution in [0.2, 0.25) is 10.0 Å². The van der Waals surface area contributed by atoms with Crippen LogP contribution in [-0.2, 0) is 0 Å². The van der Waals surface area contributed by atoms with Crippen molar-refractivity contribution >= 4 is 23.2 Å². The van der Waals surface area contributed by atoms with Crippen molar-refractivity contribution in [3.63, 3.8) is 0 Å². The molecule has 1 atom stereocenters. The quantitative estimate of drug-likeness (QED) is 0.872. The van der Waals surface area contributed by atoms with E-state index in [1.165, 1.54) is 0 Å². The zero-order chi connectivity index (χ0) is 10.7. The lowest BCUT2D eigenvalue weighted by Gasteiger charge is -2.13. The van der Waals surface area contributed by atoms with Gasteiger partial charge in [0.15, 0.2) is 0 Å². The number of nitrogens with two attached hydrogens (primary N) is 1. The van der Waals surface area contributed by atoms with Gasteiger partial charge in [0.05, 0.1) is 12.1 Å². The maximum Gasteiger partial charge on any atom is 0.138 e. The Balaban J connectivity index is 3.14. The summed E-state index contributed by atoms with van der Waals surface area (Å²) in [5.41, 5.74) is 6.52. The Morgan fingerprint density at radius 3 is 2.50 bits per heavy atom. The van der Waals surface area contributed by atoms with Gasteiger partial charge >= 0.3 is 0 Å². The summed E-state index contributed by atoms with van der Waals surface area (Å²) in [6.07, 6.45) is 0. The molecule has 1 aromatic rings. The summed E-state index contributed by atoms with van der Waals surface area (Å²) in [5.74, 6) is 0.788. The van der Waals surface area contributed by atoms with Gasteiger partial charge in [-0.2, -0.15) is 0 Å². The third kappa shape index (κ3) is 2.32. The summed E-state index contributed by atoms with van der Waals surface area (Å²) in [5, 5.41) is 1.21. The zero-order valence-electron chi connectivity index (χ0n) is 8.18. The van der Waals surface area contributed by atoms with Crippen LogP contribution in [0.25, 0.3) is 0 Å². The first-order valence-corrected chi connectivity index (χ1v) is 5.08. The predicted octanol–water partition coefficient (Wildman–Crippen LogP) is 3.06. The minimum Gasteiger partial charge on any atom is -0.495 e. The van der Waals surface area contributed by atoms with Crippen molar-refractivity contribution in [1.29, 1.82) is 0 Å². The molecule has 0 radical (unpaired) electrons. The summed E-state index contributed by atoms with van der Waals surface area (Å²) in [4.78, 5) is 0. The molecule has 0 fully saturated rings. The van der Waals surface area contributed by atoms with Crippen molar-refractivity contribution in [1.82, 2.24) is 0 Å². The first-order chi connectivity index (χ1) is 6.60. The molecule has 0 bridgehead atoms. The second kappa shape index (κ2) is 4.87. The molecule has 0 aliphatic rings. The first-order valence-electron chi connectivity index (χ1n) is 4.33. The molecule has 0 spiro atoms. The highest BCUT2D eigenvalue weighted by Gasteiger charge is 2.12. The fraction of sp³-hybridized carbons (Fsp3) is 0.400. The van der Waals surface area contributed by atoms with E-state index in [1.807, 2.05) is 6.92 Å². The molecule has 2 nitrogen and oxygen atoms in total. The molecule has 1 aromatic carbocycles. The molecule has 4 heteroatoms. The molecule has 1 rings (SSSR count). The van der Waals surface area contributed by atoms with Crippen LogP contribution in [0, 0.1) is 0 Å². The number of halogens is 2. The van der Waals surface area contributed by atoms with Crippen LogP contribution in [0.15, 0.2) is 12.1 Å². The van der Waals surface area contributed by atoms with Gasteiger partial charge in [-0.25, -0.2) is 0 Å². The van der Waals surface area contributed by atoms with E-state index in [1.54, 1.807) is 19.2 Å². The van der Waals surface area contributed by atoms with Crippen LogP contribution >= 0.6 is 23.2 Å². The minimum atomic E-state index is 0.200. The minimum absolute atomic E-state index is 0.200. The van der Waals surface area contributed by atoms with Crippen molar-refractivity contribution < 1.29 is 4.74 Å². The summed E-state index contributed by atoms with van der Waals surface area (Å²) in [7, 11) is 1.56. The van der Waals surface area contributed by atoms with Gasteiger partial charge in [0, 0.05) is 11.1 Å². The van der Waals surface area contributed by atoms with Crippen molar-refractivity contribution in [2.45, 2.75) is 12.8 Å². The molecule has 1 unspecified atom stereocenters. The summed E-state index contributed by atoms with van der Waals surface area (Å²) < 4.78 is 5.05. The molecule has 14 heavy (non-hydrogen) atoms. The molecule has 0 aliphatic carbocycles. The number of rotatable bonds is 3. The van der Waals surface area contributed by atoms with Crippen molar-refractivity contribution in [2.75, 3.05) is 13.7 Å². The number of ether oxygens (including phenoxy) is 1. The predicted molar refractivity (Wildman–Crippen MR) is 60.5 cm³/mol. The van der Waals surface area contributed by atoms with Crippen molar-refractivity contribution in [3.8, 4) is 5.75 Å². The molecular formula is C10H13Cl2NO. The Bertz CT molecular complexity index is 328. The van der Waals surface area contributed by atoms with E-state index in [0.29, 0.717) is 22.3 Å². The lowest BCUT2D eigenvalue weighted by Crippen LogP contribution is -2.09. The van der Waals surface area contributed by atoms with Crippen LogP contribution in [0.5, 0.6) is 5.75 Å². The first kappa shape index (κ1) is 11.6. The summed E-state index contributed by atoms with van der Waals surface area (Å²) in [6.45, 7) is 2.55.